The van der Waals surface area contributed by atoms with E-state index in [-0.39, 0.29) is 35.1 Å². The number of carbonyl (C=O) groups is 2. The maximum absolute atomic E-state index is 10.2. The molecule has 0 heterocycles. The second-order valence-electron chi connectivity index (χ2n) is 2.53. The summed E-state index contributed by atoms with van der Waals surface area (Å²) in [6.45, 7) is 1.08. The molecular formula is C10H11NaO5. The molecule has 1 aromatic carbocycles. The van der Waals surface area contributed by atoms with Crippen molar-refractivity contribution in [2.24, 2.45) is 0 Å². The second-order valence-corrected chi connectivity index (χ2v) is 2.53. The first-order valence-corrected chi connectivity index (χ1v) is 4.02. The molecule has 0 bridgehead atoms. The predicted molar refractivity (Wildman–Crippen MR) is 50.6 cm³/mol. The molecule has 0 aliphatic heterocycles. The van der Waals surface area contributed by atoms with E-state index in [1.807, 2.05) is 0 Å². The fraction of sp³-hybridized carbons (Fsp3) is 0.200. The van der Waals surface area contributed by atoms with Crippen molar-refractivity contribution in [3.63, 3.8) is 0 Å². The Morgan fingerprint density at radius 2 is 1.62 bits per heavy atom. The average Bonchev–Trinajstić information content (AvgIpc) is 2.17. The van der Waals surface area contributed by atoms with Crippen molar-refractivity contribution in [1.82, 2.24) is 0 Å². The van der Waals surface area contributed by atoms with Crippen LogP contribution in [0.4, 0.5) is 0 Å². The summed E-state index contributed by atoms with van der Waals surface area (Å²) >= 11 is 0. The topological polar surface area (TPSA) is 86.7 Å². The van der Waals surface area contributed by atoms with Gasteiger partial charge in [-0.25, -0.2) is 0 Å². The first-order valence-electron chi connectivity index (χ1n) is 4.02. The zero-order valence-corrected chi connectivity index (χ0v) is 11.4. The van der Waals surface area contributed by atoms with Crippen molar-refractivity contribution < 1.29 is 54.1 Å². The molecule has 82 valence electrons. The van der Waals surface area contributed by atoms with Gasteiger partial charge in [-0.15, -0.1) is 0 Å². The summed E-state index contributed by atoms with van der Waals surface area (Å²) < 4.78 is 4.84. The van der Waals surface area contributed by atoms with Crippen molar-refractivity contribution >= 4 is 11.9 Å². The Hall–Kier alpha value is -1.04. The molecule has 0 spiro atoms. The van der Waals surface area contributed by atoms with Gasteiger partial charge < -0.3 is 19.7 Å². The number of methoxy groups -OCH3 is 1. The minimum Gasteiger partial charge on any atom is -0.545 e. The van der Waals surface area contributed by atoms with Gasteiger partial charge in [-0.3, -0.25) is 4.79 Å². The van der Waals surface area contributed by atoms with Crippen LogP contribution in [0.5, 0.6) is 5.75 Å². The summed E-state index contributed by atoms with van der Waals surface area (Å²) in [5, 5.41) is 17.7. The number of benzene rings is 1. The summed E-state index contributed by atoms with van der Waals surface area (Å²) in [5.41, 5.74) is 0.158. The van der Waals surface area contributed by atoms with Crippen LogP contribution < -0.4 is 39.4 Å². The Morgan fingerprint density at radius 1 is 1.25 bits per heavy atom. The average molecular weight is 234 g/mol. The van der Waals surface area contributed by atoms with Crippen LogP contribution in [0.2, 0.25) is 0 Å². The Morgan fingerprint density at radius 3 is 1.88 bits per heavy atom. The molecule has 0 aromatic heterocycles. The van der Waals surface area contributed by atoms with Crippen LogP contribution >= 0.6 is 0 Å². The van der Waals surface area contributed by atoms with Crippen LogP contribution in [0.1, 0.15) is 17.3 Å². The van der Waals surface area contributed by atoms with Crippen LogP contribution in [0.3, 0.4) is 0 Å². The summed E-state index contributed by atoms with van der Waals surface area (Å²) in [5.74, 6) is -1.37. The number of hydrogen-bond acceptors (Lipinski definition) is 4. The van der Waals surface area contributed by atoms with E-state index in [1.54, 1.807) is 12.1 Å². The minimum absolute atomic E-state index is 0. The number of rotatable bonds is 2. The summed E-state index contributed by atoms with van der Waals surface area (Å²) in [6.07, 6.45) is 0. The van der Waals surface area contributed by atoms with E-state index in [0.29, 0.717) is 5.75 Å². The summed E-state index contributed by atoms with van der Waals surface area (Å²) in [4.78, 5) is 19.2. The fourth-order valence-electron chi connectivity index (χ4n) is 0.727. The molecule has 1 N–H and O–H groups in total. The molecule has 0 saturated heterocycles. The predicted octanol–water partition coefficient (Wildman–Crippen LogP) is -2.85. The standard InChI is InChI=1S/C8H8O3.C2H4O2.Na/c1-11-7-4-2-6(3-5-7)8(9)10;1-2(3)4;/h2-5H,1H3,(H,9,10);1H3,(H,3,4);/q;;+1/p-1. The smallest absolute Gasteiger partial charge is 0.545 e. The zero-order chi connectivity index (χ0) is 11.8. The van der Waals surface area contributed by atoms with Crippen molar-refractivity contribution in [3.05, 3.63) is 29.8 Å². The Balaban J connectivity index is 0. The number of aliphatic carboxylic acids is 1. The first kappa shape index (κ1) is 17.4. The Labute approximate surface area is 115 Å². The maximum Gasteiger partial charge on any atom is 1.00 e. The number of carboxylic acids is 2. The van der Waals surface area contributed by atoms with Gasteiger partial charge in [-0.1, -0.05) is 0 Å². The van der Waals surface area contributed by atoms with Crippen LogP contribution in [-0.2, 0) is 4.79 Å². The van der Waals surface area contributed by atoms with Gasteiger partial charge in [0.05, 0.1) is 13.1 Å². The first-order chi connectivity index (χ1) is 6.97. The molecule has 16 heavy (non-hydrogen) atoms. The van der Waals surface area contributed by atoms with Gasteiger partial charge in [-0.2, -0.15) is 0 Å². The van der Waals surface area contributed by atoms with E-state index in [0.717, 1.165) is 6.92 Å². The molecule has 1 rings (SSSR count). The van der Waals surface area contributed by atoms with Crippen molar-refractivity contribution in [2.75, 3.05) is 7.11 Å². The zero-order valence-electron chi connectivity index (χ0n) is 9.39. The molecule has 0 aliphatic carbocycles. The van der Waals surface area contributed by atoms with Crippen LogP contribution in [-0.4, -0.2) is 24.2 Å². The molecule has 6 heteroatoms. The molecule has 5 nitrogen and oxygen atoms in total. The quantitative estimate of drug-likeness (QED) is 0.557. The summed E-state index contributed by atoms with van der Waals surface area (Å²) in [7, 11) is 1.52. The second kappa shape index (κ2) is 9.21. The minimum atomic E-state index is -1.17. The molecule has 0 aliphatic rings. The van der Waals surface area contributed by atoms with E-state index < -0.39 is 11.9 Å². The van der Waals surface area contributed by atoms with E-state index in [1.165, 1.54) is 19.2 Å². The van der Waals surface area contributed by atoms with Gasteiger partial charge in [0.1, 0.15) is 5.75 Å². The number of aromatic carboxylic acids is 1. The van der Waals surface area contributed by atoms with E-state index in [4.69, 9.17) is 14.6 Å². The number of carbonyl (C=O) groups excluding carboxylic acids is 1. The fourth-order valence-corrected chi connectivity index (χ4v) is 0.727. The molecule has 0 fully saturated rings. The molecule has 0 atom stereocenters. The molecule has 1 aromatic rings. The molecule has 0 radical (unpaired) electrons. The van der Waals surface area contributed by atoms with E-state index in [2.05, 4.69) is 0 Å². The molecule has 0 saturated carbocycles. The van der Waals surface area contributed by atoms with Crippen LogP contribution in [0, 0.1) is 0 Å². The van der Waals surface area contributed by atoms with Gasteiger partial charge in [0.2, 0.25) is 0 Å². The van der Waals surface area contributed by atoms with Crippen LogP contribution in [0.15, 0.2) is 24.3 Å². The number of hydrogen-bond donors (Lipinski definition) is 1. The van der Waals surface area contributed by atoms with Gasteiger partial charge >= 0.3 is 29.6 Å². The molecule has 0 amide bonds. The summed E-state index contributed by atoms with van der Waals surface area (Å²) in [6, 6.07) is 6.03. The Kier molecular flexibility index (Phi) is 9.99. The SMILES string of the molecule is CC(=O)O.COc1ccc(C(=O)[O-])cc1.[Na+]. The van der Waals surface area contributed by atoms with E-state index in [9.17, 15) is 9.90 Å². The largest absolute Gasteiger partial charge is 1.00 e. The third-order valence-corrected chi connectivity index (χ3v) is 1.33. The van der Waals surface area contributed by atoms with Crippen molar-refractivity contribution in [2.45, 2.75) is 6.92 Å². The van der Waals surface area contributed by atoms with Crippen molar-refractivity contribution in [1.29, 1.82) is 0 Å². The van der Waals surface area contributed by atoms with Crippen LogP contribution in [0.25, 0.3) is 0 Å². The monoisotopic (exact) mass is 234 g/mol. The van der Waals surface area contributed by atoms with Crippen molar-refractivity contribution in [3.8, 4) is 5.75 Å². The molecular weight excluding hydrogens is 223 g/mol. The van der Waals surface area contributed by atoms with Gasteiger partial charge in [-0.05, 0) is 29.8 Å². The van der Waals surface area contributed by atoms with E-state index >= 15 is 0 Å². The molecule has 0 unspecified atom stereocenters. The normalized spacial score (nSPS) is 7.88. The Bertz CT molecular complexity index is 330. The van der Waals surface area contributed by atoms with Gasteiger partial charge in [0, 0.05) is 6.92 Å². The maximum atomic E-state index is 10.2. The van der Waals surface area contributed by atoms with Gasteiger partial charge in [0.25, 0.3) is 5.97 Å². The number of carboxylic acid groups (broad SMARTS) is 2. The number of ether oxygens (including phenoxy) is 1. The third-order valence-electron chi connectivity index (χ3n) is 1.33. The third kappa shape index (κ3) is 8.28. The van der Waals surface area contributed by atoms with Gasteiger partial charge in [0.15, 0.2) is 0 Å².